The van der Waals surface area contributed by atoms with Gasteiger partial charge in [0.2, 0.25) is 0 Å². The first kappa shape index (κ1) is 11.7. The zero-order valence-corrected chi connectivity index (χ0v) is 9.33. The van der Waals surface area contributed by atoms with Gasteiger partial charge in [-0.15, -0.1) is 0 Å². The standard InChI is InChI=1S/C10H17N3O2/c1-4-15-6-7(2)11-9-5-10(14)13-8(3)12-9/h5,7H,4,6H2,1-3H3,(H2,11,12,13,14). The van der Waals surface area contributed by atoms with E-state index in [0.717, 1.165) is 0 Å². The SMILES string of the molecule is CCOCC(C)Nc1cc(=O)[nH]c(C)n1. The smallest absolute Gasteiger partial charge is 0.252 e. The Morgan fingerprint density at radius 1 is 1.67 bits per heavy atom. The van der Waals surface area contributed by atoms with Crippen LogP contribution in [0.3, 0.4) is 0 Å². The highest BCUT2D eigenvalue weighted by Crippen LogP contribution is 2.01. The van der Waals surface area contributed by atoms with E-state index in [1.807, 2.05) is 13.8 Å². The maximum absolute atomic E-state index is 11.1. The summed E-state index contributed by atoms with van der Waals surface area (Å²) in [5, 5.41) is 3.10. The molecular formula is C10H17N3O2. The second kappa shape index (κ2) is 5.50. The van der Waals surface area contributed by atoms with Gasteiger partial charge in [-0.25, -0.2) is 4.98 Å². The van der Waals surface area contributed by atoms with Gasteiger partial charge in [-0.1, -0.05) is 0 Å². The van der Waals surface area contributed by atoms with Crippen LogP contribution in [-0.2, 0) is 4.74 Å². The lowest BCUT2D eigenvalue weighted by Gasteiger charge is -2.13. The van der Waals surface area contributed by atoms with Gasteiger partial charge in [0, 0.05) is 18.7 Å². The molecule has 0 aliphatic heterocycles. The number of aryl methyl sites for hydroxylation is 1. The third-order valence-corrected chi connectivity index (χ3v) is 1.83. The number of anilines is 1. The maximum Gasteiger partial charge on any atom is 0.252 e. The van der Waals surface area contributed by atoms with Crippen LogP contribution in [0.4, 0.5) is 5.82 Å². The summed E-state index contributed by atoms with van der Waals surface area (Å²) in [4.78, 5) is 17.9. The number of nitrogens with zero attached hydrogens (tertiary/aromatic N) is 1. The number of ether oxygens (including phenoxy) is 1. The van der Waals surface area contributed by atoms with Crippen molar-refractivity contribution >= 4 is 5.82 Å². The van der Waals surface area contributed by atoms with Gasteiger partial charge >= 0.3 is 0 Å². The first-order valence-electron chi connectivity index (χ1n) is 5.04. The van der Waals surface area contributed by atoms with Crippen LogP contribution in [0, 0.1) is 6.92 Å². The molecule has 1 atom stereocenters. The molecule has 0 saturated heterocycles. The van der Waals surface area contributed by atoms with Gasteiger partial charge in [-0.3, -0.25) is 4.79 Å². The van der Waals surface area contributed by atoms with Crippen molar-refractivity contribution in [3.63, 3.8) is 0 Å². The number of aromatic nitrogens is 2. The van der Waals surface area contributed by atoms with Gasteiger partial charge in [0.15, 0.2) is 0 Å². The highest BCUT2D eigenvalue weighted by Gasteiger charge is 2.03. The largest absolute Gasteiger partial charge is 0.380 e. The van der Waals surface area contributed by atoms with Crippen molar-refractivity contribution in [2.24, 2.45) is 0 Å². The zero-order chi connectivity index (χ0) is 11.3. The summed E-state index contributed by atoms with van der Waals surface area (Å²) < 4.78 is 5.25. The summed E-state index contributed by atoms with van der Waals surface area (Å²) in [6.07, 6.45) is 0. The van der Waals surface area contributed by atoms with E-state index in [1.165, 1.54) is 6.07 Å². The molecule has 0 spiro atoms. The van der Waals surface area contributed by atoms with E-state index >= 15 is 0 Å². The second-order valence-electron chi connectivity index (χ2n) is 3.42. The Morgan fingerprint density at radius 3 is 3.00 bits per heavy atom. The summed E-state index contributed by atoms with van der Waals surface area (Å²) in [5.74, 6) is 1.19. The minimum Gasteiger partial charge on any atom is -0.380 e. The fourth-order valence-electron chi connectivity index (χ4n) is 1.24. The molecule has 1 aromatic rings. The second-order valence-corrected chi connectivity index (χ2v) is 3.42. The Bertz CT molecular complexity index is 362. The van der Waals surface area contributed by atoms with Gasteiger partial charge in [0.05, 0.1) is 6.61 Å². The molecular weight excluding hydrogens is 194 g/mol. The van der Waals surface area contributed by atoms with E-state index in [-0.39, 0.29) is 11.6 Å². The van der Waals surface area contributed by atoms with Gasteiger partial charge in [0.1, 0.15) is 11.6 Å². The molecule has 0 radical (unpaired) electrons. The van der Waals surface area contributed by atoms with Crippen LogP contribution in [0.1, 0.15) is 19.7 Å². The molecule has 1 unspecified atom stereocenters. The van der Waals surface area contributed by atoms with Crippen LogP contribution in [0.25, 0.3) is 0 Å². The number of hydrogen-bond donors (Lipinski definition) is 2. The van der Waals surface area contributed by atoms with Gasteiger partial charge in [-0.05, 0) is 20.8 Å². The Morgan fingerprint density at radius 2 is 2.40 bits per heavy atom. The molecule has 0 aliphatic carbocycles. The number of aromatic amines is 1. The maximum atomic E-state index is 11.1. The molecule has 0 aromatic carbocycles. The topological polar surface area (TPSA) is 67.0 Å². The molecule has 1 rings (SSSR count). The lowest BCUT2D eigenvalue weighted by molar-refractivity contribution is 0.141. The van der Waals surface area contributed by atoms with E-state index in [0.29, 0.717) is 24.9 Å². The Hall–Kier alpha value is -1.36. The van der Waals surface area contributed by atoms with Crippen LogP contribution in [0.15, 0.2) is 10.9 Å². The molecule has 0 saturated carbocycles. The van der Waals surface area contributed by atoms with Crippen LogP contribution in [0.2, 0.25) is 0 Å². The summed E-state index contributed by atoms with van der Waals surface area (Å²) >= 11 is 0. The van der Waals surface area contributed by atoms with Crippen LogP contribution in [-0.4, -0.2) is 29.2 Å². The van der Waals surface area contributed by atoms with Crippen molar-refractivity contribution in [3.8, 4) is 0 Å². The summed E-state index contributed by atoms with van der Waals surface area (Å²) in [7, 11) is 0. The fourth-order valence-corrected chi connectivity index (χ4v) is 1.24. The van der Waals surface area contributed by atoms with Crippen molar-refractivity contribution in [1.29, 1.82) is 0 Å². The first-order valence-corrected chi connectivity index (χ1v) is 5.04. The third kappa shape index (κ3) is 4.12. The first-order chi connectivity index (χ1) is 7.11. The lowest BCUT2D eigenvalue weighted by atomic mass is 10.3. The van der Waals surface area contributed by atoms with Crippen molar-refractivity contribution in [1.82, 2.24) is 9.97 Å². The predicted octanol–water partition coefficient (Wildman–Crippen LogP) is 0.915. The van der Waals surface area contributed by atoms with E-state index in [9.17, 15) is 4.79 Å². The van der Waals surface area contributed by atoms with E-state index in [1.54, 1.807) is 6.92 Å². The van der Waals surface area contributed by atoms with Crippen LogP contribution >= 0.6 is 0 Å². The Balaban J connectivity index is 2.60. The summed E-state index contributed by atoms with van der Waals surface area (Å²) in [5.41, 5.74) is -0.145. The molecule has 5 nitrogen and oxygen atoms in total. The van der Waals surface area contributed by atoms with Crippen molar-refractivity contribution in [3.05, 3.63) is 22.2 Å². The zero-order valence-electron chi connectivity index (χ0n) is 9.33. The molecule has 84 valence electrons. The fraction of sp³-hybridized carbons (Fsp3) is 0.600. The van der Waals surface area contributed by atoms with Crippen LogP contribution in [0.5, 0.6) is 0 Å². The van der Waals surface area contributed by atoms with Crippen molar-refractivity contribution in [2.75, 3.05) is 18.5 Å². The average Bonchev–Trinajstić information content (AvgIpc) is 2.13. The average molecular weight is 211 g/mol. The van der Waals surface area contributed by atoms with Crippen molar-refractivity contribution in [2.45, 2.75) is 26.8 Å². The van der Waals surface area contributed by atoms with E-state index in [2.05, 4.69) is 15.3 Å². The molecule has 1 heterocycles. The molecule has 1 aromatic heterocycles. The van der Waals surface area contributed by atoms with Gasteiger partial charge < -0.3 is 15.0 Å². The number of nitrogens with one attached hydrogen (secondary N) is 2. The quantitative estimate of drug-likeness (QED) is 0.760. The molecule has 2 N–H and O–H groups in total. The minimum atomic E-state index is -0.145. The number of rotatable bonds is 5. The highest BCUT2D eigenvalue weighted by molar-refractivity contribution is 5.33. The normalized spacial score (nSPS) is 12.5. The Kier molecular flexibility index (Phi) is 4.30. The molecule has 15 heavy (non-hydrogen) atoms. The van der Waals surface area contributed by atoms with Gasteiger partial charge in [0.25, 0.3) is 5.56 Å². The van der Waals surface area contributed by atoms with E-state index in [4.69, 9.17) is 4.74 Å². The number of H-pyrrole nitrogens is 1. The molecule has 0 bridgehead atoms. The molecule has 0 fully saturated rings. The monoisotopic (exact) mass is 211 g/mol. The Labute approximate surface area is 88.9 Å². The molecule has 0 aliphatic rings. The highest BCUT2D eigenvalue weighted by atomic mass is 16.5. The summed E-state index contributed by atoms with van der Waals surface area (Å²) in [6.45, 7) is 6.97. The third-order valence-electron chi connectivity index (χ3n) is 1.83. The summed E-state index contributed by atoms with van der Waals surface area (Å²) in [6, 6.07) is 1.58. The predicted molar refractivity (Wildman–Crippen MR) is 59.2 cm³/mol. The minimum absolute atomic E-state index is 0.138. The lowest BCUT2D eigenvalue weighted by Crippen LogP contribution is -2.24. The number of hydrogen-bond acceptors (Lipinski definition) is 4. The van der Waals surface area contributed by atoms with E-state index < -0.39 is 0 Å². The van der Waals surface area contributed by atoms with Crippen LogP contribution < -0.4 is 10.9 Å². The van der Waals surface area contributed by atoms with Crippen molar-refractivity contribution < 1.29 is 4.74 Å². The van der Waals surface area contributed by atoms with Gasteiger partial charge in [-0.2, -0.15) is 0 Å². The molecule has 0 amide bonds. The molecule has 5 heteroatoms.